The van der Waals surface area contributed by atoms with Gasteiger partial charge in [0.05, 0.1) is 36.2 Å². The lowest BCUT2D eigenvalue weighted by Crippen LogP contribution is -2.46. The van der Waals surface area contributed by atoms with Crippen LogP contribution in [0.3, 0.4) is 0 Å². The van der Waals surface area contributed by atoms with E-state index in [4.69, 9.17) is 0 Å². The lowest BCUT2D eigenvalue weighted by Gasteiger charge is -2.37. The van der Waals surface area contributed by atoms with Crippen molar-refractivity contribution < 1.29 is 9.59 Å². The first kappa shape index (κ1) is 21.1. The Labute approximate surface area is 183 Å². The molecule has 1 aliphatic heterocycles. The molecule has 1 aliphatic carbocycles. The SMILES string of the molecule is CC[C@H]1C2=C(CC(C)(C)CC2=O)Nc2ccccc2N1CC(=O)NCc1ccccn1. The van der Waals surface area contributed by atoms with Gasteiger partial charge in [0.2, 0.25) is 5.91 Å². The molecule has 6 heteroatoms. The molecule has 0 spiro atoms. The standard InChI is InChI=1S/C25H30N4O2/c1-4-20-24-19(13-25(2,3)14-22(24)30)28-18-10-5-6-11-21(18)29(20)16-23(31)27-15-17-9-7-8-12-26-17/h5-12,20,28H,4,13-16H2,1-3H3,(H,27,31)/t20-/m0/s1. The van der Waals surface area contributed by atoms with Crippen molar-refractivity contribution in [2.24, 2.45) is 5.41 Å². The Balaban J connectivity index is 1.64. The summed E-state index contributed by atoms with van der Waals surface area (Å²) in [6, 6.07) is 13.5. The van der Waals surface area contributed by atoms with Crippen molar-refractivity contribution in [2.75, 3.05) is 16.8 Å². The van der Waals surface area contributed by atoms with Gasteiger partial charge in [-0.1, -0.05) is 39.0 Å². The third kappa shape index (κ3) is 4.48. The van der Waals surface area contributed by atoms with Gasteiger partial charge in [0.25, 0.3) is 0 Å². The number of benzene rings is 1. The van der Waals surface area contributed by atoms with E-state index in [1.807, 2.05) is 42.5 Å². The van der Waals surface area contributed by atoms with Crippen LogP contribution < -0.4 is 15.5 Å². The molecule has 6 nitrogen and oxygen atoms in total. The molecular formula is C25H30N4O2. The van der Waals surface area contributed by atoms with Gasteiger partial charge in [-0.2, -0.15) is 0 Å². The summed E-state index contributed by atoms with van der Waals surface area (Å²) in [6.45, 7) is 6.91. The maximum absolute atomic E-state index is 13.2. The average molecular weight is 419 g/mol. The summed E-state index contributed by atoms with van der Waals surface area (Å²) in [7, 11) is 0. The highest BCUT2D eigenvalue weighted by molar-refractivity contribution is 6.01. The van der Waals surface area contributed by atoms with Crippen LogP contribution in [0.1, 0.15) is 45.7 Å². The van der Waals surface area contributed by atoms with Crippen molar-refractivity contribution in [3.8, 4) is 0 Å². The number of pyridine rings is 1. The van der Waals surface area contributed by atoms with Crippen molar-refractivity contribution in [2.45, 2.75) is 52.6 Å². The molecule has 0 bridgehead atoms. The summed E-state index contributed by atoms with van der Waals surface area (Å²) in [6.07, 6.45) is 3.81. The minimum Gasteiger partial charge on any atom is -0.357 e. The minimum absolute atomic E-state index is 0.0780. The monoisotopic (exact) mass is 418 g/mol. The fourth-order valence-electron chi connectivity index (χ4n) is 4.67. The number of fused-ring (bicyclic) bond motifs is 1. The molecule has 2 aliphatic rings. The number of hydrogen-bond acceptors (Lipinski definition) is 5. The number of nitrogens with zero attached hydrogens (tertiary/aromatic N) is 2. The number of nitrogens with one attached hydrogen (secondary N) is 2. The highest BCUT2D eigenvalue weighted by Crippen LogP contribution is 2.44. The van der Waals surface area contributed by atoms with E-state index >= 15 is 0 Å². The predicted molar refractivity (Wildman–Crippen MR) is 123 cm³/mol. The maximum atomic E-state index is 13.2. The first-order valence-electron chi connectivity index (χ1n) is 10.9. The summed E-state index contributed by atoms with van der Waals surface area (Å²) in [5.74, 6) is 0.0869. The third-order valence-electron chi connectivity index (χ3n) is 6.02. The van der Waals surface area contributed by atoms with Gasteiger partial charge >= 0.3 is 0 Å². The number of amides is 1. The van der Waals surface area contributed by atoms with Gasteiger partial charge in [-0.15, -0.1) is 0 Å². The molecule has 2 aromatic rings. The van der Waals surface area contributed by atoms with Gasteiger partial charge < -0.3 is 15.5 Å². The number of hydrogen-bond donors (Lipinski definition) is 2. The molecule has 31 heavy (non-hydrogen) atoms. The van der Waals surface area contributed by atoms with Gasteiger partial charge in [-0.05, 0) is 42.5 Å². The zero-order valence-electron chi connectivity index (χ0n) is 18.4. The molecule has 2 heterocycles. The lowest BCUT2D eigenvalue weighted by molar-refractivity contribution is -0.121. The van der Waals surface area contributed by atoms with Gasteiger partial charge in [0.15, 0.2) is 5.78 Å². The molecule has 4 rings (SSSR count). The van der Waals surface area contributed by atoms with E-state index in [1.165, 1.54) is 0 Å². The molecule has 162 valence electrons. The van der Waals surface area contributed by atoms with Crippen molar-refractivity contribution in [3.63, 3.8) is 0 Å². The zero-order chi connectivity index (χ0) is 22.0. The minimum atomic E-state index is -0.143. The smallest absolute Gasteiger partial charge is 0.239 e. The number of rotatable bonds is 5. The number of ketones is 1. The number of para-hydroxylation sites is 2. The van der Waals surface area contributed by atoms with Gasteiger partial charge in [0.1, 0.15) is 0 Å². The quantitative estimate of drug-likeness (QED) is 0.766. The molecule has 1 aromatic carbocycles. The highest BCUT2D eigenvalue weighted by Gasteiger charge is 2.40. The zero-order valence-corrected chi connectivity index (χ0v) is 18.4. The first-order chi connectivity index (χ1) is 14.9. The Morgan fingerprint density at radius 3 is 2.71 bits per heavy atom. The number of aromatic nitrogens is 1. The molecule has 0 fully saturated rings. The van der Waals surface area contributed by atoms with Gasteiger partial charge in [-0.25, -0.2) is 0 Å². The van der Waals surface area contributed by atoms with Gasteiger partial charge in [0, 0.05) is 23.9 Å². The van der Waals surface area contributed by atoms with Crippen LogP contribution in [0.15, 0.2) is 59.9 Å². The largest absolute Gasteiger partial charge is 0.357 e. The normalized spacial score (nSPS) is 19.8. The van der Waals surface area contributed by atoms with Crippen molar-refractivity contribution in [1.82, 2.24) is 10.3 Å². The van der Waals surface area contributed by atoms with Crippen molar-refractivity contribution in [3.05, 3.63) is 65.6 Å². The Morgan fingerprint density at radius 2 is 1.97 bits per heavy atom. The van der Waals surface area contributed by atoms with Crippen LogP contribution in [-0.2, 0) is 16.1 Å². The van der Waals surface area contributed by atoms with E-state index in [1.54, 1.807) is 6.20 Å². The number of anilines is 2. The van der Waals surface area contributed by atoms with E-state index in [9.17, 15) is 9.59 Å². The Kier molecular flexibility index (Phi) is 5.81. The summed E-state index contributed by atoms with van der Waals surface area (Å²) < 4.78 is 0. The van der Waals surface area contributed by atoms with Crippen LogP contribution in [0, 0.1) is 5.41 Å². The Hall–Kier alpha value is -3.15. The third-order valence-corrected chi connectivity index (χ3v) is 6.02. The number of allylic oxidation sites excluding steroid dienone is 1. The number of Topliss-reactive ketones (excluding diaryl/α,β-unsaturated/α-hetero) is 1. The summed E-state index contributed by atoms with van der Waals surface area (Å²) in [5.41, 5.74) is 4.45. The highest BCUT2D eigenvalue weighted by atomic mass is 16.2. The van der Waals surface area contributed by atoms with Crippen LogP contribution in [-0.4, -0.2) is 29.3 Å². The fourth-order valence-corrected chi connectivity index (χ4v) is 4.67. The van der Waals surface area contributed by atoms with Crippen LogP contribution >= 0.6 is 0 Å². The molecule has 0 radical (unpaired) electrons. The molecule has 0 saturated carbocycles. The van der Waals surface area contributed by atoms with Crippen molar-refractivity contribution >= 4 is 23.1 Å². The fraction of sp³-hybridized carbons (Fsp3) is 0.400. The Morgan fingerprint density at radius 1 is 1.19 bits per heavy atom. The second-order valence-corrected chi connectivity index (χ2v) is 9.13. The predicted octanol–water partition coefficient (Wildman–Crippen LogP) is 4.05. The molecule has 2 N–H and O–H groups in total. The second kappa shape index (κ2) is 8.53. The van der Waals surface area contributed by atoms with Crippen LogP contribution in [0.5, 0.6) is 0 Å². The second-order valence-electron chi connectivity index (χ2n) is 9.13. The first-order valence-corrected chi connectivity index (χ1v) is 10.9. The van der Waals surface area contributed by atoms with E-state index in [2.05, 4.69) is 41.3 Å². The van der Waals surface area contributed by atoms with Crippen LogP contribution in [0.2, 0.25) is 0 Å². The number of carbonyl (C=O) groups is 2. The molecular weight excluding hydrogens is 388 g/mol. The lowest BCUT2D eigenvalue weighted by atomic mass is 9.74. The van der Waals surface area contributed by atoms with Crippen molar-refractivity contribution in [1.29, 1.82) is 0 Å². The van der Waals surface area contributed by atoms with E-state index in [0.717, 1.165) is 41.2 Å². The summed E-state index contributed by atoms with van der Waals surface area (Å²) >= 11 is 0. The van der Waals surface area contributed by atoms with Gasteiger partial charge in [-0.3, -0.25) is 14.6 Å². The van der Waals surface area contributed by atoms with Crippen LogP contribution in [0.4, 0.5) is 11.4 Å². The van der Waals surface area contributed by atoms with E-state index < -0.39 is 0 Å². The molecule has 0 saturated heterocycles. The molecule has 0 unspecified atom stereocenters. The molecule has 1 amide bonds. The molecule has 1 aromatic heterocycles. The molecule has 1 atom stereocenters. The number of carbonyl (C=O) groups excluding carboxylic acids is 2. The Bertz CT molecular complexity index is 1010. The van der Waals surface area contributed by atoms with E-state index in [-0.39, 0.29) is 29.7 Å². The summed E-state index contributed by atoms with van der Waals surface area (Å²) in [5, 5.41) is 6.52. The van der Waals surface area contributed by atoms with Crippen LogP contribution in [0.25, 0.3) is 0 Å². The topological polar surface area (TPSA) is 74.3 Å². The summed E-state index contributed by atoms with van der Waals surface area (Å²) in [4.78, 5) is 32.5. The van der Waals surface area contributed by atoms with E-state index in [0.29, 0.717) is 13.0 Å². The maximum Gasteiger partial charge on any atom is 0.239 e. The average Bonchev–Trinajstić information content (AvgIpc) is 2.86.